The molecule has 0 saturated heterocycles. The van der Waals surface area contributed by atoms with Crippen LogP contribution < -0.4 is 14.8 Å². The van der Waals surface area contributed by atoms with Gasteiger partial charge in [0.15, 0.2) is 11.5 Å². The van der Waals surface area contributed by atoms with Crippen molar-refractivity contribution in [3.8, 4) is 11.5 Å². The summed E-state index contributed by atoms with van der Waals surface area (Å²) < 4.78 is 11.2. The lowest BCUT2D eigenvalue weighted by Gasteiger charge is -2.13. The fourth-order valence-corrected chi connectivity index (χ4v) is 2.40. The number of ether oxygens (including phenoxy) is 2. The Morgan fingerprint density at radius 1 is 1.05 bits per heavy atom. The normalized spacial score (nSPS) is 10.5. The van der Waals surface area contributed by atoms with Crippen molar-refractivity contribution in [2.75, 3.05) is 14.2 Å². The van der Waals surface area contributed by atoms with Gasteiger partial charge in [0.05, 0.1) is 7.11 Å². The third-order valence-corrected chi connectivity index (χ3v) is 3.59. The first-order valence-electron chi connectivity index (χ1n) is 6.52. The van der Waals surface area contributed by atoms with E-state index >= 15 is 0 Å². The highest BCUT2D eigenvalue weighted by Gasteiger charge is 2.08. The summed E-state index contributed by atoms with van der Waals surface area (Å²) in [4.78, 5) is 0. The van der Waals surface area contributed by atoms with E-state index in [9.17, 15) is 0 Å². The summed E-state index contributed by atoms with van der Waals surface area (Å²) >= 11 is 12.0. The van der Waals surface area contributed by atoms with E-state index in [1.165, 1.54) is 0 Å². The van der Waals surface area contributed by atoms with Crippen LogP contribution in [0.15, 0.2) is 36.4 Å². The summed E-state index contributed by atoms with van der Waals surface area (Å²) in [6.45, 7) is 1.14. The van der Waals surface area contributed by atoms with Crippen LogP contribution in [0.1, 0.15) is 11.1 Å². The molecular formula is C16H17Cl2NO2. The molecule has 3 nitrogen and oxygen atoms in total. The summed E-state index contributed by atoms with van der Waals surface area (Å²) in [6, 6.07) is 11.2. The smallest absolute Gasteiger partial charge is 0.161 e. The monoisotopic (exact) mass is 325 g/mol. The number of halogens is 2. The fraction of sp³-hybridized carbons (Fsp3) is 0.250. The zero-order valence-corrected chi connectivity index (χ0v) is 13.5. The second-order valence-corrected chi connectivity index (χ2v) is 5.38. The summed E-state index contributed by atoms with van der Waals surface area (Å²) in [6.07, 6.45) is 0. The predicted molar refractivity (Wildman–Crippen MR) is 86.6 cm³/mol. The number of hydrogen-bond donors (Lipinski definition) is 1. The lowest BCUT2D eigenvalue weighted by molar-refractivity contribution is 0.284. The van der Waals surface area contributed by atoms with Crippen LogP contribution in [-0.2, 0) is 13.2 Å². The van der Waals surface area contributed by atoms with Gasteiger partial charge in [-0.25, -0.2) is 0 Å². The number of hydrogen-bond acceptors (Lipinski definition) is 3. The molecule has 21 heavy (non-hydrogen) atoms. The van der Waals surface area contributed by atoms with Gasteiger partial charge in [-0.1, -0.05) is 35.3 Å². The topological polar surface area (TPSA) is 30.5 Å². The maximum absolute atomic E-state index is 6.13. The van der Waals surface area contributed by atoms with Gasteiger partial charge in [-0.2, -0.15) is 0 Å². The maximum atomic E-state index is 6.13. The van der Waals surface area contributed by atoms with E-state index in [0.29, 0.717) is 28.2 Å². The van der Waals surface area contributed by atoms with Crippen molar-refractivity contribution < 1.29 is 9.47 Å². The van der Waals surface area contributed by atoms with Crippen LogP contribution in [0.4, 0.5) is 0 Å². The highest BCUT2D eigenvalue weighted by molar-refractivity contribution is 6.35. The van der Waals surface area contributed by atoms with E-state index < -0.39 is 0 Å². The highest BCUT2D eigenvalue weighted by atomic mass is 35.5. The quantitative estimate of drug-likeness (QED) is 0.858. The van der Waals surface area contributed by atoms with Crippen molar-refractivity contribution in [3.63, 3.8) is 0 Å². The van der Waals surface area contributed by atoms with Crippen LogP contribution in [0.5, 0.6) is 11.5 Å². The van der Waals surface area contributed by atoms with Gasteiger partial charge in [0.2, 0.25) is 0 Å². The van der Waals surface area contributed by atoms with Crippen molar-refractivity contribution in [2.24, 2.45) is 0 Å². The van der Waals surface area contributed by atoms with Crippen molar-refractivity contribution in [3.05, 3.63) is 57.6 Å². The minimum Gasteiger partial charge on any atom is -0.493 e. The van der Waals surface area contributed by atoms with Gasteiger partial charge in [0, 0.05) is 22.2 Å². The molecule has 112 valence electrons. The third kappa shape index (κ3) is 4.27. The molecular weight excluding hydrogens is 309 g/mol. The second-order valence-electron chi connectivity index (χ2n) is 4.54. The van der Waals surface area contributed by atoms with Crippen molar-refractivity contribution >= 4 is 23.2 Å². The summed E-state index contributed by atoms with van der Waals surface area (Å²) in [5.74, 6) is 1.39. The van der Waals surface area contributed by atoms with E-state index in [1.54, 1.807) is 19.2 Å². The van der Waals surface area contributed by atoms with E-state index in [1.807, 2.05) is 31.3 Å². The lowest BCUT2D eigenvalue weighted by atomic mass is 10.2. The minimum absolute atomic E-state index is 0.359. The number of rotatable bonds is 6. The van der Waals surface area contributed by atoms with Gasteiger partial charge in [0.25, 0.3) is 0 Å². The van der Waals surface area contributed by atoms with Gasteiger partial charge < -0.3 is 14.8 Å². The molecule has 0 bridgehead atoms. The second kappa shape index (κ2) is 7.55. The van der Waals surface area contributed by atoms with Gasteiger partial charge in [-0.05, 0) is 36.9 Å². The summed E-state index contributed by atoms with van der Waals surface area (Å²) in [5.41, 5.74) is 2.01. The first-order chi connectivity index (χ1) is 10.1. The molecule has 0 fully saturated rings. The molecule has 0 aliphatic heterocycles. The van der Waals surface area contributed by atoms with Crippen molar-refractivity contribution in [2.45, 2.75) is 13.2 Å². The standard InChI is InChI=1S/C16H17Cl2NO2/c1-19-9-11-3-6-15(16(7-11)20-2)21-10-12-4-5-13(17)8-14(12)18/h3-8,19H,9-10H2,1-2H3. The molecule has 2 rings (SSSR count). The molecule has 0 atom stereocenters. The van der Waals surface area contributed by atoms with Crippen molar-refractivity contribution in [1.82, 2.24) is 5.32 Å². The molecule has 0 saturated carbocycles. The Kier molecular flexibility index (Phi) is 5.74. The number of nitrogens with one attached hydrogen (secondary N) is 1. The van der Waals surface area contributed by atoms with E-state index in [4.69, 9.17) is 32.7 Å². The van der Waals surface area contributed by atoms with E-state index in [0.717, 1.165) is 17.7 Å². The van der Waals surface area contributed by atoms with Gasteiger partial charge in [0.1, 0.15) is 6.61 Å². The van der Waals surface area contributed by atoms with E-state index in [2.05, 4.69) is 5.32 Å². The average molecular weight is 326 g/mol. The van der Waals surface area contributed by atoms with Crippen LogP contribution in [0.25, 0.3) is 0 Å². The van der Waals surface area contributed by atoms with E-state index in [-0.39, 0.29) is 0 Å². The highest BCUT2D eigenvalue weighted by Crippen LogP contribution is 2.30. The molecule has 0 spiro atoms. The molecule has 0 radical (unpaired) electrons. The average Bonchev–Trinajstić information content (AvgIpc) is 2.47. The molecule has 0 aliphatic rings. The van der Waals surface area contributed by atoms with Crippen LogP contribution in [0.3, 0.4) is 0 Å². The Hall–Kier alpha value is -1.42. The number of methoxy groups -OCH3 is 1. The van der Waals surface area contributed by atoms with Crippen LogP contribution in [-0.4, -0.2) is 14.2 Å². The molecule has 0 aliphatic carbocycles. The molecule has 1 N–H and O–H groups in total. The summed E-state index contributed by atoms with van der Waals surface area (Å²) in [5, 5.41) is 4.30. The van der Waals surface area contributed by atoms with Gasteiger partial charge >= 0.3 is 0 Å². The lowest BCUT2D eigenvalue weighted by Crippen LogP contribution is -2.05. The maximum Gasteiger partial charge on any atom is 0.161 e. The Balaban J connectivity index is 2.12. The van der Waals surface area contributed by atoms with Crippen LogP contribution >= 0.6 is 23.2 Å². The van der Waals surface area contributed by atoms with Gasteiger partial charge in [-0.15, -0.1) is 0 Å². The molecule has 0 heterocycles. The van der Waals surface area contributed by atoms with Gasteiger partial charge in [-0.3, -0.25) is 0 Å². The largest absolute Gasteiger partial charge is 0.493 e. The minimum atomic E-state index is 0.359. The molecule has 0 unspecified atom stereocenters. The SMILES string of the molecule is CNCc1ccc(OCc2ccc(Cl)cc2Cl)c(OC)c1. The Morgan fingerprint density at radius 2 is 1.86 bits per heavy atom. The molecule has 2 aromatic rings. The fourth-order valence-electron chi connectivity index (χ4n) is 1.94. The molecule has 5 heteroatoms. The molecule has 2 aromatic carbocycles. The molecule has 0 amide bonds. The Labute approximate surface area is 134 Å². The Morgan fingerprint density at radius 3 is 2.52 bits per heavy atom. The first-order valence-corrected chi connectivity index (χ1v) is 7.28. The van der Waals surface area contributed by atoms with Crippen molar-refractivity contribution in [1.29, 1.82) is 0 Å². The number of benzene rings is 2. The Bertz CT molecular complexity index is 617. The summed E-state index contributed by atoms with van der Waals surface area (Å²) in [7, 11) is 3.53. The first kappa shape index (κ1) is 16.0. The zero-order valence-electron chi connectivity index (χ0n) is 12.0. The third-order valence-electron chi connectivity index (χ3n) is 3.01. The molecule has 0 aromatic heterocycles. The predicted octanol–water partition coefficient (Wildman–Crippen LogP) is 4.30. The van der Waals surface area contributed by atoms with Crippen LogP contribution in [0.2, 0.25) is 10.0 Å². The van der Waals surface area contributed by atoms with Crippen LogP contribution in [0, 0.1) is 0 Å². The zero-order chi connectivity index (χ0) is 15.2.